The Morgan fingerprint density at radius 3 is 2.44 bits per heavy atom. The average Bonchev–Trinajstić information content (AvgIpc) is 2.64. The van der Waals surface area contributed by atoms with Crippen molar-refractivity contribution in [2.45, 2.75) is 18.5 Å². The van der Waals surface area contributed by atoms with Crippen molar-refractivity contribution >= 4 is 12.4 Å². The van der Waals surface area contributed by atoms with Gasteiger partial charge in [0.05, 0.1) is 0 Å². The molecular weight excluding hydrogens is 274 g/mol. The fourth-order valence-corrected chi connectivity index (χ4v) is 1.94. The molecule has 1 fully saturated rings. The summed E-state index contributed by atoms with van der Waals surface area (Å²) in [4.78, 5) is 0. The number of halogens is 5. The van der Waals surface area contributed by atoms with E-state index in [1.165, 1.54) is 18.2 Å². The third-order valence-electron chi connectivity index (χ3n) is 2.70. The largest absolute Gasteiger partial charge is 0.573 e. The summed E-state index contributed by atoms with van der Waals surface area (Å²) in [5.41, 5.74) is -1.84. The number of alkyl halides is 4. The average molecular weight is 286 g/mol. The van der Waals surface area contributed by atoms with Gasteiger partial charge in [-0.05, 0) is 19.0 Å². The maximum Gasteiger partial charge on any atom is 0.573 e. The summed E-state index contributed by atoms with van der Waals surface area (Å²) in [6, 6.07) is 5.34. The quantitative estimate of drug-likeness (QED) is 0.843. The van der Waals surface area contributed by atoms with Crippen molar-refractivity contribution in [1.29, 1.82) is 0 Å². The second kappa shape index (κ2) is 5.32. The summed E-state index contributed by atoms with van der Waals surface area (Å²) in [6.07, 6.45) is -4.66. The van der Waals surface area contributed by atoms with E-state index in [4.69, 9.17) is 0 Å². The second-order valence-corrected chi connectivity index (χ2v) is 3.94. The van der Waals surface area contributed by atoms with Gasteiger partial charge in [0.2, 0.25) is 0 Å². The number of hydrogen-bond acceptors (Lipinski definition) is 2. The van der Waals surface area contributed by atoms with E-state index in [0.717, 1.165) is 6.07 Å². The van der Waals surface area contributed by atoms with Crippen molar-refractivity contribution in [2.75, 3.05) is 13.1 Å². The van der Waals surface area contributed by atoms with Gasteiger partial charge in [0, 0.05) is 12.1 Å². The molecule has 0 spiro atoms. The minimum absolute atomic E-state index is 0. The highest BCUT2D eigenvalue weighted by Gasteiger charge is 2.40. The first kappa shape index (κ1) is 15.0. The summed E-state index contributed by atoms with van der Waals surface area (Å²) in [7, 11) is 0. The van der Waals surface area contributed by atoms with Crippen molar-refractivity contribution < 1.29 is 22.3 Å². The van der Waals surface area contributed by atoms with Crippen LogP contribution in [0.2, 0.25) is 0 Å². The number of rotatable bonds is 2. The van der Waals surface area contributed by atoms with Crippen LogP contribution in [0, 0.1) is 0 Å². The minimum atomic E-state index is -4.81. The molecule has 1 saturated heterocycles. The molecule has 1 atom stereocenters. The summed E-state index contributed by atoms with van der Waals surface area (Å²) >= 11 is 0. The first-order valence-electron chi connectivity index (χ1n) is 5.16. The lowest BCUT2D eigenvalue weighted by atomic mass is 9.94. The fraction of sp³-hybridized carbons (Fsp3) is 0.455. The van der Waals surface area contributed by atoms with Crippen LogP contribution >= 0.6 is 12.4 Å². The molecule has 0 aromatic heterocycles. The van der Waals surface area contributed by atoms with E-state index < -0.39 is 17.8 Å². The zero-order chi connectivity index (χ0) is 12.5. The summed E-state index contributed by atoms with van der Waals surface area (Å²) in [5, 5.41) is 2.79. The molecule has 1 aliphatic rings. The Bertz CT molecular complexity index is 404. The van der Waals surface area contributed by atoms with Crippen LogP contribution in [0.1, 0.15) is 12.0 Å². The van der Waals surface area contributed by atoms with Gasteiger partial charge in [0.1, 0.15) is 5.75 Å². The molecule has 1 N–H and O–H groups in total. The van der Waals surface area contributed by atoms with E-state index in [2.05, 4.69) is 10.1 Å². The predicted molar refractivity (Wildman–Crippen MR) is 60.6 cm³/mol. The van der Waals surface area contributed by atoms with E-state index in [1.807, 2.05) is 0 Å². The van der Waals surface area contributed by atoms with E-state index in [0.29, 0.717) is 6.54 Å². The fourth-order valence-electron chi connectivity index (χ4n) is 1.94. The van der Waals surface area contributed by atoms with Crippen LogP contribution < -0.4 is 10.1 Å². The monoisotopic (exact) mass is 285 g/mol. The maximum absolute atomic E-state index is 14.4. The van der Waals surface area contributed by atoms with Crippen LogP contribution in [0.3, 0.4) is 0 Å². The van der Waals surface area contributed by atoms with Crippen molar-refractivity contribution in [3.05, 3.63) is 29.8 Å². The number of ether oxygens (including phenoxy) is 1. The van der Waals surface area contributed by atoms with Crippen molar-refractivity contribution in [1.82, 2.24) is 5.32 Å². The zero-order valence-corrected chi connectivity index (χ0v) is 10.1. The van der Waals surface area contributed by atoms with Gasteiger partial charge < -0.3 is 10.1 Å². The lowest BCUT2D eigenvalue weighted by Gasteiger charge is -2.22. The zero-order valence-electron chi connectivity index (χ0n) is 9.26. The van der Waals surface area contributed by atoms with Crippen LogP contribution in [0.4, 0.5) is 17.6 Å². The predicted octanol–water partition coefficient (Wildman–Crippen LogP) is 3.17. The number of benzene rings is 1. The summed E-state index contributed by atoms with van der Waals surface area (Å²) < 4.78 is 54.7. The van der Waals surface area contributed by atoms with Crippen molar-refractivity contribution in [3.63, 3.8) is 0 Å². The molecule has 1 aliphatic heterocycles. The van der Waals surface area contributed by atoms with Gasteiger partial charge in [0.15, 0.2) is 5.67 Å². The summed E-state index contributed by atoms with van der Waals surface area (Å²) in [5.74, 6) is -0.466. The topological polar surface area (TPSA) is 21.3 Å². The lowest BCUT2D eigenvalue weighted by molar-refractivity contribution is -0.275. The number of para-hydroxylation sites is 1. The van der Waals surface area contributed by atoms with Gasteiger partial charge in [0.25, 0.3) is 0 Å². The first-order valence-corrected chi connectivity index (χ1v) is 5.16. The lowest BCUT2D eigenvalue weighted by Crippen LogP contribution is -2.26. The Morgan fingerprint density at radius 2 is 1.89 bits per heavy atom. The molecule has 102 valence electrons. The third-order valence-corrected chi connectivity index (χ3v) is 2.70. The first-order chi connectivity index (χ1) is 7.91. The number of nitrogens with one attached hydrogen (secondary N) is 1. The highest BCUT2D eigenvalue weighted by atomic mass is 35.5. The van der Waals surface area contributed by atoms with Crippen LogP contribution in [-0.4, -0.2) is 19.5 Å². The molecular formula is C11H12ClF4NO. The van der Waals surface area contributed by atoms with Crippen molar-refractivity contribution in [3.8, 4) is 5.75 Å². The number of hydrogen-bond donors (Lipinski definition) is 1. The van der Waals surface area contributed by atoms with E-state index in [-0.39, 0.29) is 30.9 Å². The minimum Gasteiger partial charge on any atom is -0.405 e. The highest BCUT2D eigenvalue weighted by Crippen LogP contribution is 2.39. The molecule has 1 unspecified atom stereocenters. The van der Waals surface area contributed by atoms with Crippen LogP contribution in [0.15, 0.2) is 24.3 Å². The smallest absolute Gasteiger partial charge is 0.405 e. The molecule has 7 heteroatoms. The molecule has 1 aromatic carbocycles. The second-order valence-electron chi connectivity index (χ2n) is 3.94. The molecule has 2 nitrogen and oxygen atoms in total. The van der Waals surface area contributed by atoms with Gasteiger partial charge >= 0.3 is 6.36 Å². The molecule has 0 saturated carbocycles. The molecule has 1 heterocycles. The Morgan fingerprint density at radius 1 is 1.22 bits per heavy atom. The highest BCUT2D eigenvalue weighted by molar-refractivity contribution is 5.85. The van der Waals surface area contributed by atoms with Gasteiger partial charge in [-0.2, -0.15) is 0 Å². The van der Waals surface area contributed by atoms with Crippen LogP contribution in [0.5, 0.6) is 5.75 Å². The SMILES string of the molecule is Cl.FC(F)(F)Oc1ccccc1C1(F)CCNC1. The van der Waals surface area contributed by atoms with Crippen molar-refractivity contribution in [2.24, 2.45) is 0 Å². The van der Waals surface area contributed by atoms with Gasteiger partial charge in [-0.15, -0.1) is 25.6 Å². The molecule has 18 heavy (non-hydrogen) atoms. The standard InChI is InChI=1S/C11H11F4NO.ClH/c12-10(5-6-16-7-10)8-3-1-2-4-9(8)17-11(13,14)15;/h1-4,16H,5-7H2;1H. The molecule has 0 aliphatic carbocycles. The molecule has 1 aromatic rings. The summed E-state index contributed by atoms with van der Waals surface area (Å²) in [6.45, 7) is 0.447. The Kier molecular flexibility index (Phi) is 4.45. The van der Waals surface area contributed by atoms with E-state index in [1.54, 1.807) is 0 Å². The van der Waals surface area contributed by atoms with Gasteiger partial charge in [-0.1, -0.05) is 18.2 Å². The maximum atomic E-state index is 14.4. The van der Waals surface area contributed by atoms with Gasteiger partial charge in [-0.25, -0.2) is 4.39 Å². The molecule has 2 rings (SSSR count). The Balaban J connectivity index is 0.00000162. The van der Waals surface area contributed by atoms with E-state index in [9.17, 15) is 17.6 Å². The molecule has 0 radical (unpaired) electrons. The van der Waals surface area contributed by atoms with E-state index >= 15 is 0 Å². The van der Waals surface area contributed by atoms with Crippen LogP contribution in [-0.2, 0) is 5.67 Å². The Hall–Kier alpha value is -1.01. The van der Waals surface area contributed by atoms with Gasteiger partial charge in [-0.3, -0.25) is 0 Å². The third kappa shape index (κ3) is 3.26. The Labute approximate surface area is 108 Å². The van der Waals surface area contributed by atoms with Crippen LogP contribution in [0.25, 0.3) is 0 Å². The molecule has 0 bridgehead atoms. The molecule has 0 amide bonds. The normalized spacial score (nSPS) is 23.6.